The molecule has 0 saturated heterocycles. The third-order valence-corrected chi connectivity index (χ3v) is 3.91. The smallest absolute Gasteiger partial charge is 0.279 e. The van der Waals surface area contributed by atoms with E-state index < -0.39 is 0 Å². The lowest BCUT2D eigenvalue weighted by molar-refractivity contribution is -0.881. The van der Waals surface area contributed by atoms with Gasteiger partial charge in [-0.2, -0.15) is 0 Å². The van der Waals surface area contributed by atoms with Gasteiger partial charge in [-0.3, -0.25) is 9.59 Å². The zero-order chi connectivity index (χ0) is 17.5. The van der Waals surface area contributed by atoms with Crippen LogP contribution in [-0.4, -0.2) is 43.2 Å². The van der Waals surface area contributed by atoms with E-state index in [0.717, 1.165) is 22.0 Å². The van der Waals surface area contributed by atoms with E-state index in [1.54, 1.807) is 11.8 Å². The number of hydrogen-bond donors (Lipinski definition) is 3. The van der Waals surface area contributed by atoms with Crippen LogP contribution in [0.25, 0.3) is 0 Å². The maximum absolute atomic E-state index is 12.2. The van der Waals surface area contributed by atoms with Crippen molar-refractivity contribution in [1.29, 1.82) is 0 Å². The van der Waals surface area contributed by atoms with E-state index in [9.17, 15) is 9.59 Å². The summed E-state index contributed by atoms with van der Waals surface area (Å²) < 4.78 is 0. The van der Waals surface area contributed by atoms with Crippen LogP contribution < -0.4 is 15.5 Å². The molecule has 1 aromatic rings. The zero-order valence-corrected chi connectivity index (χ0v) is 15.5. The largest absolute Gasteiger partial charge is 0.347 e. The summed E-state index contributed by atoms with van der Waals surface area (Å²) in [6, 6.07) is 7.74. The molecule has 0 aromatic heterocycles. The summed E-state index contributed by atoms with van der Waals surface area (Å²) in [6.45, 7) is 9.10. The molecule has 0 radical (unpaired) electrons. The van der Waals surface area contributed by atoms with Crippen LogP contribution in [0.15, 0.2) is 29.2 Å². The van der Waals surface area contributed by atoms with Crippen LogP contribution in [0.4, 0.5) is 5.69 Å². The van der Waals surface area contributed by atoms with Gasteiger partial charge >= 0.3 is 0 Å². The van der Waals surface area contributed by atoms with Gasteiger partial charge < -0.3 is 15.5 Å². The minimum Gasteiger partial charge on any atom is -0.347 e. The highest BCUT2D eigenvalue weighted by molar-refractivity contribution is 7.98. The molecule has 1 rings (SSSR count). The monoisotopic (exact) mass is 338 g/mol. The van der Waals surface area contributed by atoms with Crippen LogP contribution in [0.3, 0.4) is 0 Å². The number of benzene rings is 1. The normalized spacial score (nSPS) is 12.6. The van der Waals surface area contributed by atoms with Crippen LogP contribution in [0.2, 0.25) is 0 Å². The summed E-state index contributed by atoms with van der Waals surface area (Å²) >= 11 is 1.63. The van der Waals surface area contributed by atoms with Gasteiger partial charge in [-0.05, 0) is 52.1 Å². The fourth-order valence-corrected chi connectivity index (χ4v) is 2.59. The van der Waals surface area contributed by atoms with Crippen LogP contribution in [-0.2, 0) is 9.59 Å². The molecule has 0 heterocycles. The number of carbonyl (C=O) groups excluding carboxylic acids is 2. The molecule has 0 spiro atoms. The Morgan fingerprint density at radius 2 is 1.83 bits per heavy atom. The highest BCUT2D eigenvalue weighted by Crippen LogP contribution is 2.18. The maximum atomic E-state index is 12.2. The molecule has 0 fully saturated rings. The Bertz CT molecular complexity index is 541. The Kier molecular flexibility index (Phi) is 7.58. The molecule has 6 heteroatoms. The van der Waals surface area contributed by atoms with Crippen LogP contribution in [0.1, 0.15) is 27.7 Å². The Labute approximate surface area is 143 Å². The fourth-order valence-electron chi connectivity index (χ4n) is 2.14. The first kappa shape index (κ1) is 19.5. The summed E-state index contributed by atoms with van der Waals surface area (Å²) in [5.74, 6) is -0.116. The summed E-state index contributed by atoms with van der Waals surface area (Å²) in [4.78, 5) is 26.2. The summed E-state index contributed by atoms with van der Waals surface area (Å²) in [5.41, 5.74) is 0.535. The predicted octanol–water partition coefficient (Wildman–Crippen LogP) is 1.17. The van der Waals surface area contributed by atoms with Crippen LogP contribution in [0.5, 0.6) is 0 Å². The lowest BCUT2D eigenvalue weighted by Gasteiger charge is -2.23. The second-order valence-electron chi connectivity index (χ2n) is 6.54. The molecule has 1 atom stereocenters. The summed E-state index contributed by atoms with van der Waals surface area (Å²) in [7, 11) is 0. The van der Waals surface area contributed by atoms with E-state index in [1.807, 2.05) is 58.2 Å². The van der Waals surface area contributed by atoms with Crippen molar-refractivity contribution in [1.82, 2.24) is 5.32 Å². The van der Waals surface area contributed by atoms with Gasteiger partial charge in [-0.1, -0.05) is 6.07 Å². The minimum atomic E-state index is -0.254. The Morgan fingerprint density at radius 1 is 1.17 bits per heavy atom. The third-order valence-electron chi connectivity index (χ3n) is 3.19. The van der Waals surface area contributed by atoms with E-state index in [2.05, 4.69) is 10.6 Å². The summed E-state index contributed by atoms with van der Waals surface area (Å²) in [5, 5.41) is 5.83. The SMILES string of the molecule is CC[NH+](CC(=O)Nc1cccc(SC)c1)CC(=O)NC(C)(C)C. The van der Waals surface area contributed by atoms with Crippen molar-refractivity contribution in [3.8, 4) is 0 Å². The van der Waals surface area contributed by atoms with E-state index in [0.29, 0.717) is 6.54 Å². The van der Waals surface area contributed by atoms with Gasteiger partial charge in [0, 0.05) is 16.1 Å². The molecule has 0 saturated carbocycles. The van der Waals surface area contributed by atoms with Crippen molar-refractivity contribution >= 4 is 29.3 Å². The van der Waals surface area contributed by atoms with Gasteiger partial charge in [-0.15, -0.1) is 11.8 Å². The number of amides is 2. The molecule has 3 N–H and O–H groups in total. The van der Waals surface area contributed by atoms with Crippen molar-refractivity contribution in [3.05, 3.63) is 24.3 Å². The van der Waals surface area contributed by atoms with Crippen LogP contribution >= 0.6 is 11.8 Å². The molecular formula is C17H28N3O2S+. The lowest BCUT2D eigenvalue weighted by Crippen LogP contribution is -3.14. The second-order valence-corrected chi connectivity index (χ2v) is 7.42. The maximum Gasteiger partial charge on any atom is 0.279 e. The van der Waals surface area contributed by atoms with Crippen molar-refractivity contribution in [3.63, 3.8) is 0 Å². The third kappa shape index (κ3) is 8.04. The van der Waals surface area contributed by atoms with E-state index >= 15 is 0 Å². The van der Waals surface area contributed by atoms with Crippen molar-refractivity contribution in [2.24, 2.45) is 0 Å². The van der Waals surface area contributed by atoms with E-state index in [1.165, 1.54) is 0 Å². The number of nitrogens with one attached hydrogen (secondary N) is 3. The van der Waals surface area contributed by atoms with Gasteiger partial charge in [0.2, 0.25) is 0 Å². The molecule has 0 bridgehead atoms. The molecule has 2 amide bonds. The van der Waals surface area contributed by atoms with Gasteiger partial charge in [0.1, 0.15) is 0 Å². The molecule has 128 valence electrons. The Morgan fingerprint density at radius 3 is 2.39 bits per heavy atom. The topological polar surface area (TPSA) is 62.6 Å². The Hall–Kier alpha value is -1.53. The highest BCUT2D eigenvalue weighted by atomic mass is 32.2. The second kappa shape index (κ2) is 8.93. The van der Waals surface area contributed by atoms with Crippen molar-refractivity contribution < 1.29 is 14.5 Å². The predicted molar refractivity (Wildman–Crippen MR) is 96.0 cm³/mol. The molecule has 0 aliphatic rings. The zero-order valence-electron chi connectivity index (χ0n) is 14.7. The van der Waals surface area contributed by atoms with Gasteiger partial charge in [0.25, 0.3) is 11.8 Å². The Balaban J connectivity index is 2.54. The number of quaternary nitrogens is 1. The van der Waals surface area contributed by atoms with Crippen LogP contribution in [0, 0.1) is 0 Å². The summed E-state index contributed by atoms with van der Waals surface area (Å²) in [6.07, 6.45) is 2.00. The molecule has 0 aliphatic carbocycles. The molecular weight excluding hydrogens is 310 g/mol. The molecule has 1 aromatic carbocycles. The van der Waals surface area contributed by atoms with E-state index in [-0.39, 0.29) is 23.9 Å². The van der Waals surface area contributed by atoms with Gasteiger partial charge in [0.05, 0.1) is 6.54 Å². The quantitative estimate of drug-likeness (QED) is 0.654. The van der Waals surface area contributed by atoms with Gasteiger partial charge in [0.15, 0.2) is 13.1 Å². The number of thioether (sulfide) groups is 1. The van der Waals surface area contributed by atoms with Crippen molar-refractivity contribution in [2.45, 2.75) is 38.1 Å². The standard InChI is InChI=1S/C17H27N3O2S/c1-6-20(12-16(22)19-17(2,3)4)11-15(21)18-13-8-7-9-14(10-13)23-5/h7-10H,6,11-12H2,1-5H3,(H,18,21)(H,19,22)/p+1. The van der Waals surface area contributed by atoms with Crippen molar-refractivity contribution in [2.75, 3.05) is 31.2 Å². The first-order valence-corrected chi connectivity index (χ1v) is 9.04. The first-order chi connectivity index (χ1) is 10.7. The molecule has 0 aliphatic heterocycles. The van der Waals surface area contributed by atoms with E-state index in [4.69, 9.17) is 0 Å². The average molecular weight is 338 g/mol. The highest BCUT2D eigenvalue weighted by Gasteiger charge is 2.20. The minimum absolute atomic E-state index is 0.0356. The number of carbonyl (C=O) groups is 2. The average Bonchev–Trinajstić information content (AvgIpc) is 2.44. The molecule has 23 heavy (non-hydrogen) atoms. The number of rotatable bonds is 7. The van der Waals surface area contributed by atoms with Gasteiger partial charge in [-0.25, -0.2) is 0 Å². The number of hydrogen-bond acceptors (Lipinski definition) is 3. The fraction of sp³-hybridized carbons (Fsp3) is 0.529. The number of anilines is 1. The number of likely N-dealkylation sites (N-methyl/N-ethyl adjacent to an activating group) is 1. The molecule has 1 unspecified atom stereocenters. The molecule has 5 nitrogen and oxygen atoms in total. The first-order valence-electron chi connectivity index (χ1n) is 7.82. The lowest BCUT2D eigenvalue weighted by atomic mass is 10.1.